The Bertz CT molecular complexity index is 697. The number of hydrogen-bond donors (Lipinski definition) is 1. The van der Waals surface area contributed by atoms with Gasteiger partial charge >= 0.3 is 0 Å². The Hall–Kier alpha value is -1.82. The van der Waals surface area contributed by atoms with Crippen LogP contribution in [0.1, 0.15) is 35.0 Å². The van der Waals surface area contributed by atoms with Crippen LogP contribution >= 0.6 is 11.6 Å². The van der Waals surface area contributed by atoms with E-state index in [9.17, 15) is 4.79 Å². The topological polar surface area (TPSA) is 54.7 Å². The number of carbonyl (C=O) groups is 1. The zero-order valence-electron chi connectivity index (χ0n) is 14.3. The van der Waals surface area contributed by atoms with E-state index < -0.39 is 0 Å². The molecule has 2 aromatic rings. The molecule has 0 aliphatic carbocycles. The van der Waals surface area contributed by atoms with Crippen molar-refractivity contribution in [2.45, 2.75) is 18.9 Å². The second-order valence-corrected chi connectivity index (χ2v) is 6.58. The lowest BCUT2D eigenvalue weighted by molar-refractivity contribution is 0.0986. The number of ketones is 1. The van der Waals surface area contributed by atoms with Gasteiger partial charge in [0.1, 0.15) is 11.5 Å². The van der Waals surface area contributed by atoms with Crippen molar-refractivity contribution in [2.75, 3.05) is 33.3 Å². The van der Waals surface area contributed by atoms with Gasteiger partial charge in [-0.05, 0) is 56.3 Å². The predicted molar refractivity (Wildman–Crippen MR) is 97.5 cm³/mol. The van der Waals surface area contributed by atoms with E-state index in [4.69, 9.17) is 20.8 Å². The van der Waals surface area contributed by atoms with Crippen molar-refractivity contribution in [3.05, 3.63) is 52.9 Å². The Morgan fingerprint density at radius 1 is 1.36 bits per heavy atom. The summed E-state index contributed by atoms with van der Waals surface area (Å²) in [5, 5.41) is 3.71. The van der Waals surface area contributed by atoms with Crippen LogP contribution in [0.2, 0.25) is 5.02 Å². The van der Waals surface area contributed by atoms with E-state index in [0.29, 0.717) is 22.9 Å². The fraction of sp³-hybridized carbons (Fsp3) is 0.421. The zero-order chi connectivity index (χ0) is 17.6. The van der Waals surface area contributed by atoms with Crippen LogP contribution in [-0.4, -0.2) is 44.0 Å². The molecular weight excluding hydrogens is 340 g/mol. The molecule has 1 unspecified atom stereocenters. The van der Waals surface area contributed by atoms with Crippen LogP contribution in [0.5, 0.6) is 5.75 Å². The summed E-state index contributed by atoms with van der Waals surface area (Å²) < 4.78 is 10.7. The minimum Gasteiger partial charge on any atom is -0.495 e. The third-order valence-electron chi connectivity index (χ3n) is 4.55. The number of likely N-dealkylation sites (tertiary alicyclic amines) is 1. The van der Waals surface area contributed by atoms with E-state index in [2.05, 4.69) is 10.2 Å². The third-order valence-corrected chi connectivity index (χ3v) is 4.85. The summed E-state index contributed by atoms with van der Waals surface area (Å²) >= 11 is 6.10. The maximum atomic E-state index is 12.4. The lowest BCUT2D eigenvalue weighted by Gasteiger charge is -2.26. The minimum atomic E-state index is 0.00386. The molecule has 1 saturated heterocycles. The lowest BCUT2D eigenvalue weighted by atomic mass is 10.1. The number of ether oxygens (including phenoxy) is 1. The van der Waals surface area contributed by atoms with Crippen molar-refractivity contribution in [1.29, 1.82) is 0 Å². The summed E-state index contributed by atoms with van der Waals surface area (Å²) in [6.45, 7) is 3.06. The molecule has 1 fully saturated rings. The average molecular weight is 363 g/mol. The summed E-state index contributed by atoms with van der Waals surface area (Å²) in [5.41, 5.74) is 0.578. The molecule has 1 aliphatic heterocycles. The summed E-state index contributed by atoms with van der Waals surface area (Å²) in [4.78, 5) is 14.8. The average Bonchev–Trinajstić information content (AvgIpc) is 3.32. The first kappa shape index (κ1) is 18.0. The number of rotatable bonds is 8. The largest absolute Gasteiger partial charge is 0.495 e. The first-order valence-corrected chi connectivity index (χ1v) is 8.91. The van der Waals surface area contributed by atoms with Gasteiger partial charge in [-0.3, -0.25) is 9.69 Å². The van der Waals surface area contributed by atoms with Crippen LogP contribution in [0.3, 0.4) is 0 Å². The number of carbonyl (C=O) groups excluding carboxylic acids is 1. The molecule has 3 rings (SSSR count). The van der Waals surface area contributed by atoms with E-state index in [-0.39, 0.29) is 18.4 Å². The smallest absolute Gasteiger partial charge is 0.176 e. The van der Waals surface area contributed by atoms with Gasteiger partial charge in [0.15, 0.2) is 5.78 Å². The van der Waals surface area contributed by atoms with E-state index >= 15 is 0 Å². The van der Waals surface area contributed by atoms with Gasteiger partial charge in [0.05, 0.1) is 31.0 Å². The third kappa shape index (κ3) is 4.42. The van der Waals surface area contributed by atoms with Crippen molar-refractivity contribution in [1.82, 2.24) is 10.2 Å². The lowest BCUT2D eigenvalue weighted by Crippen LogP contribution is -2.36. The second-order valence-electron chi connectivity index (χ2n) is 6.18. The maximum absolute atomic E-state index is 12.4. The molecule has 1 aliphatic rings. The van der Waals surface area contributed by atoms with E-state index in [1.165, 1.54) is 12.8 Å². The van der Waals surface area contributed by atoms with E-state index in [1.54, 1.807) is 31.6 Å². The molecule has 1 N–H and O–H groups in total. The first-order valence-electron chi connectivity index (χ1n) is 8.54. The maximum Gasteiger partial charge on any atom is 0.176 e. The molecule has 1 aromatic heterocycles. The van der Waals surface area contributed by atoms with Gasteiger partial charge in [0, 0.05) is 12.1 Å². The van der Waals surface area contributed by atoms with Crippen LogP contribution in [0.15, 0.2) is 41.0 Å². The number of furan rings is 1. The van der Waals surface area contributed by atoms with Gasteiger partial charge < -0.3 is 14.5 Å². The van der Waals surface area contributed by atoms with Gasteiger partial charge in [0.2, 0.25) is 0 Å². The van der Waals surface area contributed by atoms with Crippen molar-refractivity contribution in [3.63, 3.8) is 0 Å². The molecule has 6 heteroatoms. The van der Waals surface area contributed by atoms with Crippen LogP contribution in [0, 0.1) is 0 Å². The quantitative estimate of drug-likeness (QED) is 0.728. The van der Waals surface area contributed by atoms with Crippen LogP contribution < -0.4 is 10.1 Å². The van der Waals surface area contributed by atoms with Gasteiger partial charge in [0.25, 0.3) is 0 Å². The molecule has 25 heavy (non-hydrogen) atoms. The van der Waals surface area contributed by atoms with Crippen LogP contribution in [0.25, 0.3) is 0 Å². The second kappa shape index (κ2) is 8.52. The van der Waals surface area contributed by atoms with Crippen molar-refractivity contribution >= 4 is 17.4 Å². The van der Waals surface area contributed by atoms with E-state index in [0.717, 1.165) is 18.8 Å². The molecular formula is C19H23ClN2O3. The fourth-order valence-electron chi connectivity index (χ4n) is 3.21. The molecule has 0 saturated carbocycles. The van der Waals surface area contributed by atoms with Crippen molar-refractivity contribution in [2.24, 2.45) is 0 Å². The van der Waals surface area contributed by atoms with Gasteiger partial charge in [-0.25, -0.2) is 0 Å². The van der Waals surface area contributed by atoms with E-state index in [1.807, 2.05) is 12.1 Å². The Balaban J connectivity index is 1.58. The summed E-state index contributed by atoms with van der Waals surface area (Å²) in [5.74, 6) is 1.51. The summed E-state index contributed by atoms with van der Waals surface area (Å²) in [7, 11) is 1.55. The molecule has 1 aromatic carbocycles. The molecule has 0 spiro atoms. The zero-order valence-corrected chi connectivity index (χ0v) is 15.1. The highest BCUT2D eigenvalue weighted by molar-refractivity contribution is 6.32. The highest BCUT2D eigenvalue weighted by Crippen LogP contribution is 2.26. The molecule has 2 heterocycles. The Kier molecular flexibility index (Phi) is 6.13. The molecule has 0 radical (unpaired) electrons. The number of benzene rings is 1. The van der Waals surface area contributed by atoms with Crippen LogP contribution in [0.4, 0.5) is 0 Å². The highest BCUT2D eigenvalue weighted by atomic mass is 35.5. The standard InChI is InChI=1S/C19H23ClN2O3/c1-24-18-7-6-14(11-15(18)20)17(23)13-21-12-16(19-5-4-10-25-19)22-8-2-3-9-22/h4-7,10-11,16,21H,2-3,8-9,12-13H2,1H3. The predicted octanol–water partition coefficient (Wildman–Crippen LogP) is 3.55. The highest BCUT2D eigenvalue weighted by Gasteiger charge is 2.25. The van der Waals surface area contributed by atoms with Gasteiger partial charge in [-0.1, -0.05) is 11.6 Å². The summed E-state index contributed by atoms with van der Waals surface area (Å²) in [6, 6.07) is 9.16. The molecule has 0 amide bonds. The van der Waals surface area contributed by atoms with Crippen molar-refractivity contribution in [3.8, 4) is 5.75 Å². The Labute approximate surface area is 152 Å². The van der Waals surface area contributed by atoms with Gasteiger partial charge in [-0.2, -0.15) is 0 Å². The minimum absolute atomic E-state index is 0.00386. The molecule has 0 bridgehead atoms. The Morgan fingerprint density at radius 3 is 2.80 bits per heavy atom. The SMILES string of the molecule is COc1ccc(C(=O)CNCC(c2ccco2)N2CCCC2)cc1Cl. The number of nitrogens with zero attached hydrogens (tertiary/aromatic N) is 1. The molecule has 134 valence electrons. The Morgan fingerprint density at radius 2 is 2.16 bits per heavy atom. The number of methoxy groups -OCH3 is 1. The number of halogens is 1. The molecule has 1 atom stereocenters. The first-order chi connectivity index (χ1) is 12.2. The monoisotopic (exact) mass is 362 g/mol. The normalized spacial score (nSPS) is 16.1. The van der Waals surface area contributed by atoms with Crippen LogP contribution in [-0.2, 0) is 0 Å². The summed E-state index contributed by atoms with van der Waals surface area (Å²) in [6.07, 6.45) is 4.11. The molecule has 5 nitrogen and oxygen atoms in total. The van der Waals surface area contributed by atoms with Crippen molar-refractivity contribution < 1.29 is 13.9 Å². The fourth-order valence-corrected chi connectivity index (χ4v) is 3.47. The number of nitrogens with one attached hydrogen (secondary N) is 1. The number of hydrogen-bond acceptors (Lipinski definition) is 5. The van der Waals surface area contributed by atoms with Gasteiger partial charge in [-0.15, -0.1) is 0 Å². The number of Topliss-reactive ketones (excluding diaryl/α,β-unsaturated/α-hetero) is 1.